The minimum absolute atomic E-state index is 0.535. The first-order chi connectivity index (χ1) is 33.7. The second kappa shape index (κ2) is 16.2. The number of fused-ring (bicyclic) bond motifs is 7. The standard InChI is InChI=1S/C60H38N8/c1-5-19-39(20-6-1)43-27-17-28-44(37-43)59-64-57(42-25-11-4-12-26-42)65-60(66-59)68-51-34-16-14-32-49(51)53-52(68)36-35-48-47-31-13-15-33-50(47)67(54(48)53)46-30-18-29-45(38-46)58-62-55(40-21-7-2-8-22-40)61-56(63-58)41-23-9-3-10-24-41/h1-38H. The highest BCUT2D eigenvalue weighted by Gasteiger charge is 2.24. The molecule has 0 fully saturated rings. The molecule has 4 aromatic heterocycles. The molecule has 13 aromatic rings. The molecule has 68 heavy (non-hydrogen) atoms. The maximum absolute atomic E-state index is 5.33. The van der Waals surface area contributed by atoms with Crippen molar-refractivity contribution in [2.45, 2.75) is 0 Å². The maximum atomic E-state index is 5.33. The van der Waals surface area contributed by atoms with E-state index in [9.17, 15) is 0 Å². The number of hydrogen-bond acceptors (Lipinski definition) is 6. The number of para-hydroxylation sites is 2. The Balaban J connectivity index is 1.04. The third-order valence-electron chi connectivity index (χ3n) is 12.6. The van der Waals surface area contributed by atoms with E-state index in [1.165, 1.54) is 0 Å². The Bertz CT molecular complexity index is 3960. The molecule has 0 saturated carbocycles. The van der Waals surface area contributed by atoms with Crippen LogP contribution in [0.2, 0.25) is 0 Å². The fourth-order valence-corrected chi connectivity index (χ4v) is 9.49. The van der Waals surface area contributed by atoms with Gasteiger partial charge in [-0.05, 0) is 47.5 Å². The highest BCUT2D eigenvalue weighted by molar-refractivity contribution is 6.26. The van der Waals surface area contributed by atoms with Gasteiger partial charge in [0.1, 0.15) is 0 Å². The number of rotatable bonds is 8. The second-order valence-electron chi connectivity index (χ2n) is 16.7. The molecule has 0 bridgehead atoms. The smallest absolute Gasteiger partial charge is 0.238 e. The average Bonchev–Trinajstić information content (AvgIpc) is 3.95. The zero-order valence-electron chi connectivity index (χ0n) is 36.5. The Morgan fingerprint density at radius 1 is 0.250 bits per heavy atom. The first kappa shape index (κ1) is 39.0. The number of aromatic nitrogens is 8. The average molecular weight is 871 g/mol. The summed E-state index contributed by atoms with van der Waals surface area (Å²) in [7, 11) is 0. The van der Waals surface area contributed by atoms with Gasteiger partial charge in [0.15, 0.2) is 29.1 Å². The van der Waals surface area contributed by atoms with Crippen molar-refractivity contribution in [3.63, 3.8) is 0 Å². The van der Waals surface area contributed by atoms with Crippen molar-refractivity contribution in [2.24, 2.45) is 0 Å². The molecule has 0 saturated heterocycles. The van der Waals surface area contributed by atoms with Crippen LogP contribution in [0.25, 0.3) is 123 Å². The van der Waals surface area contributed by atoms with Gasteiger partial charge in [-0.25, -0.2) is 19.9 Å². The molecule has 4 heterocycles. The molecule has 0 amide bonds. The van der Waals surface area contributed by atoms with Crippen LogP contribution < -0.4 is 0 Å². The topological polar surface area (TPSA) is 87.2 Å². The maximum Gasteiger partial charge on any atom is 0.238 e. The Morgan fingerprint density at radius 2 is 0.676 bits per heavy atom. The van der Waals surface area contributed by atoms with Crippen molar-refractivity contribution in [2.75, 3.05) is 0 Å². The molecule has 0 aliphatic rings. The largest absolute Gasteiger partial charge is 0.309 e. The quantitative estimate of drug-likeness (QED) is 0.151. The van der Waals surface area contributed by atoms with E-state index in [4.69, 9.17) is 29.9 Å². The van der Waals surface area contributed by atoms with Crippen LogP contribution in [0.15, 0.2) is 231 Å². The van der Waals surface area contributed by atoms with Crippen LogP contribution in [0, 0.1) is 0 Å². The summed E-state index contributed by atoms with van der Waals surface area (Å²) in [5.41, 5.74) is 11.9. The molecule has 0 N–H and O–H groups in total. The molecule has 13 rings (SSSR count). The molecular formula is C60H38N8. The third-order valence-corrected chi connectivity index (χ3v) is 12.6. The van der Waals surface area contributed by atoms with Gasteiger partial charge >= 0.3 is 0 Å². The Morgan fingerprint density at radius 3 is 1.28 bits per heavy atom. The number of hydrogen-bond donors (Lipinski definition) is 0. The molecule has 8 nitrogen and oxygen atoms in total. The summed E-state index contributed by atoms with van der Waals surface area (Å²) in [6, 6.07) is 79.3. The van der Waals surface area contributed by atoms with Gasteiger partial charge in [0.25, 0.3) is 0 Å². The van der Waals surface area contributed by atoms with Crippen LogP contribution >= 0.6 is 0 Å². The van der Waals surface area contributed by atoms with E-state index in [0.717, 1.165) is 88.2 Å². The lowest BCUT2D eigenvalue weighted by Crippen LogP contribution is -2.06. The van der Waals surface area contributed by atoms with Gasteiger partial charge in [-0.1, -0.05) is 194 Å². The summed E-state index contributed by atoms with van der Waals surface area (Å²) < 4.78 is 4.58. The number of nitrogens with zero attached hydrogens (tertiary/aromatic N) is 8. The van der Waals surface area contributed by atoms with Gasteiger partial charge in [-0.3, -0.25) is 4.57 Å². The molecule has 0 aliphatic heterocycles. The molecule has 0 atom stereocenters. The number of benzene rings is 9. The van der Waals surface area contributed by atoms with Crippen molar-refractivity contribution >= 4 is 43.6 Å². The molecule has 318 valence electrons. The van der Waals surface area contributed by atoms with Gasteiger partial charge in [0.2, 0.25) is 5.95 Å². The third kappa shape index (κ3) is 6.70. The van der Waals surface area contributed by atoms with Crippen LogP contribution in [0.3, 0.4) is 0 Å². The predicted octanol–water partition coefficient (Wildman–Crippen LogP) is 14.3. The lowest BCUT2D eigenvalue weighted by Gasteiger charge is -2.13. The van der Waals surface area contributed by atoms with Crippen molar-refractivity contribution in [1.29, 1.82) is 0 Å². The van der Waals surface area contributed by atoms with Gasteiger partial charge in [0.05, 0.1) is 22.1 Å². The fraction of sp³-hybridized carbons (Fsp3) is 0. The summed E-state index contributed by atoms with van der Waals surface area (Å²) in [6.45, 7) is 0. The van der Waals surface area contributed by atoms with Crippen LogP contribution in [0.1, 0.15) is 0 Å². The van der Waals surface area contributed by atoms with E-state index in [1.807, 2.05) is 97.1 Å². The zero-order valence-corrected chi connectivity index (χ0v) is 36.5. The van der Waals surface area contributed by atoms with E-state index in [-0.39, 0.29) is 0 Å². The predicted molar refractivity (Wildman–Crippen MR) is 275 cm³/mol. The first-order valence-corrected chi connectivity index (χ1v) is 22.6. The highest BCUT2D eigenvalue weighted by Crippen LogP contribution is 2.42. The minimum Gasteiger partial charge on any atom is -0.309 e. The lowest BCUT2D eigenvalue weighted by molar-refractivity contribution is 0.953. The summed E-state index contributed by atoms with van der Waals surface area (Å²) in [6.07, 6.45) is 0. The summed E-state index contributed by atoms with van der Waals surface area (Å²) in [5.74, 6) is 3.55. The van der Waals surface area contributed by atoms with E-state index in [1.54, 1.807) is 0 Å². The normalized spacial score (nSPS) is 11.5. The first-order valence-electron chi connectivity index (χ1n) is 22.6. The van der Waals surface area contributed by atoms with Gasteiger partial charge in [-0.2, -0.15) is 9.97 Å². The highest BCUT2D eigenvalue weighted by atomic mass is 15.2. The molecule has 8 heteroatoms. The van der Waals surface area contributed by atoms with Crippen molar-refractivity contribution in [1.82, 2.24) is 39.0 Å². The van der Waals surface area contributed by atoms with Crippen LogP contribution in [0.5, 0.6) is 0 Å². The minimum atomic E-state index is 0.535. The molecule has 9 aromatic carbocycles. The van der Waals surface area contributed by atoms with Crippen LogP contribution in [0.4, 0.5) is 0 Å². The van der Waals surface area contributed by atoms with Gasteiger partial charge < -0.3 is 4.57 Å². The molecule has 0 radical (unpaired) electrons. The van der Waals surface area contributed by atoms with E-state index < -0.39 is 0 Å². The summed E-state index contributed by atoms with van der Waals surface area (Å²) >= 11 is 0. The van der Waals surface area contributed by atoms with E-state index in [0.29, 0.717) is 35.1 Å². The van der Waals surface area contributed by atoms with Crippen LogP contribution in [-0.2, 0) is 0 Å². The SMILES string of the molecule is c1ccc(-c2cccc(-c3nc(-c4ccccc4)nc(-n4c5ccccc5c5c4ccc4c6ccccc6n(-c6cccc(-c7nc(-c8ccccc8)nc(-c8ccccc8)n7)c6)c45)n3)c2)cc1. The van der Waals surface area contributed by atoms with Crippen molar-refractivity contribution in [3.8, 4) is 79.7 Å². The van der Waals surface area contributed by atoms with Crippen molar-refractivity contribution < 1.29 is 0 Å². The monoisotopic (exact) mass is 870 g/mol. The van der Waals surface area contributed by atoms with Crippen LogP contribution in [-0.4, -0.2) is 39.0 Å². The Labute approximate surface area is 391 Å². The Kier molecular flexibility index (Phi) is 9.31. The molecule has 0 aliphatic carbocycles. The summed E-state index contributed by atoms with van der Waals surface area (Å²) in [5, 5.41) is 4.46. The van der Waals surface area contributed by atoms with Gasteiger partial charge in [-0.15, -0.1) is 0 Å². The second-order valence-corrected chi connectivity index (χ2v) is 16.7. The lowest BCUT2D eigenvalue weighted by atomic mass is 10.0. The fourth-order valence-electron chi connectivity index (χ4n) is 9.49. The summed E-state index contributed by atoms with van der Waals surface area (Å²) in [4.78, 5) is 30.9. The molecule has 0 unspecified atom stereocenters. The van der Waals surface area contributed by atoms with Gasteiger partial charge in [0, 0.05) is 55.0 Å². The molecule has 0 spiro atoms. The van der Waals surface area contributed by atoms with E-state index in [2.05, 4.69) is 143 Å². The van der Waals surface area contributed by atoms with E-state index >= 15 is 0 Å². The zero-order chi connectivity index (χ0) is 45.0. The Hall–Kier alpha value is -9.40. The molecular weight excluding hydrogens is 833 g/mol. The van der Waals surface area contributed by atoms with Crippen molar-refractivity contribution in [3.05, 3.63) is 231 Å².